The fourth-order valence-corrected chi connectivity index (χ4v) is 2.49. The Morgan fingerprint density at radius 1 is 1.39 bits per heavy atom. The minimum Gasteiger partial charge on any atom is -0.383 e. The molecule has 0 saturated carbocycles. The first-order valence-corrected chi connectivity index (χ1v) is 6.72. The van der Waals surface area contributed by atoms with Crippen molar-refractivity contribution in [3.05, 3.63) is 28.2 Å². The van der Waals surface area contributed by atoms with Crippen LogP contribution in [0.1, 0.15) is 19.4 Å². The summed E-state index contributed by atoms with van der Waals surface area (Å²) in [4.78, 5) is 2.17. The Bertz CT molecular complexity index is 447. The molecule has 0 aromatic heterocycles. The van der Waals surface area contributed by atoms with Crippen LogP contribution in [0, 0.1) is 16.7 Å². The molecule has 98 valence electrons. The summed E-state index contributed by atoms with van der Waals surface area (Å²) < 4.78 is 0.834. The number of rotatable bonds is 5. The zero-order valence-electron chi connectivity index (χ0n) is 11.4. The Labute approximate surface area is 118 Å². The summed E-state index contributed by atoms with van der Waals surface area (Å²) in [6.45, 7) is 6.25. The molecule has 0 fully saturated rings. The Morgan fingerprint density at radius 2 is 2.06 bits per heavy atom. The van der Waals surface area contributed by atoms with E-state index in [9.17, 15) is 0 Å². The molecule has 0 aliphatic heterocycles. The van der Waals surface area contributed by atoms with Crippen molar-refractivity contribution in [2.75, 3.05) is 32.5 Å². The first-order valence-electron chi connectivity index (χ1n) is 5.93. The molecule has 0 unspecified atom stereocenters. The monoisotopic (exact) mass is 309 g/mol. The Kier molecular flexibility index (Phi) is 5.18. The van der Waals surface area contributed by atoms with Crippen LogP contribution in [0.3, 0.4) is 0 Å². The second-order valence-corrected chi connectivity index (χ2v) is 6.38. The van der Waals surface area contributed by atoms with Crippen LogP contribution in [0.4, 0.5) is 5.69 Å². The molecule has 0 aliphatic carbocycles. The molecule has 1 N–H and O–H groups in total. The number of benzene rings is 1. The largest absolute Gasteiger partial charge is 0.383 e. The van der Waals surface area contributed by atoms with E-state index in [4.69, 9.17) is 5.26 Å². The zero-order valence-corrected chi connectivity index (χ0v) is 13.0. The van der Waals surface area contributed by atoms with Gasteiger partial charge in [-0.1, -0.05) is 19.9 Å². The number of hydrogen-bond acceptors (Lipinski definition) is 3. The fourth-order valence-electron chi connectivity index (χ4n) is 2.03. The van der Waals surface area contributed by atoms with E-state index in [0.717, 1.165) is 23.2 Å². The van der Waals surface area contributed by atoms with Crippen LogP contribution in [0.25, 0.3) is 0 Å². The number of hydrogen-bond donors (Lipinski definition) is 1. The average molecular weight is 310 g/mol. The highest BCUT2D eigenvalue weighted by molar-refractivity contribution is 9.10. The Hall–Kier alpha value is -1.05. The maximum Gasteiger partial charge on any atom is 0.103 e. The van der Waals surface area contributed by atoms with E-state index >= 15 is 0 Å². The second-order valence-electron chi connectivity index (χ2n) is 5.53. The van der Waals surface area contributed by atoms with Gasteiger partial charge in [0, 0.05) is 17.6 Å². The van der Waals surface area contributed by atoms with Gasteiger partial charge >= 0.3 is 0 Å². The molecule has 1 aromatic rings. The van der Waals surface area contributed by atoms with Gasteiger partial charge in [0.05, 0.1) is 11.3 Å². The molecule has 0 radical (unpaired) electrons. The second kappa shape index (κ2) is 6.21. The van der Waals surface area contributed by atoms with Gasteiger partial charge in [0.25, 0.3) is 0 Å². The van der Waals surface area contributed by atoms with Gasteiger partial charge < -0.3 is 10.2 Å². The van der Waals surface area contributed by atoms with E-state index in [1.54, 1.807) is 0 Å². The van der Waals surface area contributed by atoms with Crippen molar-refractivity contribution < 1.29 is 0 Å². The SMILES string of the molecule is CN(C)CC(C)(C)CNc1cccc(Br)c1C#N. The normalized spacial score (nSPS) is 11.4. The number of nitriles is 1. The van der Waals surface area contributed by atoms with E-state index in [1.807, 2.05) is 18.2 Å². The summed E-state index contributed by atoms with van der Waals surface area (Å²) in [5, 5.41) is 12.5. The topological polar surface area (TPSA) is 39.1 Å². The Morgan fingerprint density at radius 3 is 2.61 bits per heavy atom. The zero-order chi connectivity index (χ0) is 13.8. The number of halogens is 1. The average Bonchev–Trinajstić information content (AvgIpc) is 2.24. The van der Waals surface area contributed by atoms with Gasteiger partial charge in [-0.2, -0.15) is 5.26 Å². The molecule has 3 nitrogen and oxygen atoms in total. The summed E-state index contributed by atoms with van der Waals surface area (Å²) in [5.41, 5.74) is 1.70. The molecule has 4 heteroatoms. The van der Waals surface area contributed by atoms with E-state index in [2.05, 4.69) is 60.2 Å². The Balaban J connectivity index is 2.75. The standard InChI is InChI=1S/C14H20BrN3/c1-14(2,10-18(3)4)9-17-13-7-5-6-12(15)11(13)8-16/h5-7,17H,9-10H2,1-4H3. The third kappa shape index (κ3) is 4.32. The molecule has 0 aliphatic rings. The highest BCUT2D eigenvalue weighted by Gasteiger charge is 2.19. The van der Waals surface area contributed by atoms with Crippen molar-refractivity contribution in [3.63, 3.8) is 0 Å². The van der Waals surface area contributed by atoms with Crippen LogP contribution in [-0.4, -0.2) is 32.1 Å². The van der Waals surface area contributed by atoms with E-state index in [0.29, 0.717) is 5.56 Å². The number of nitrogens with one attached hydrogen (secondary N) is 1. The van der Waals surface area contributed by atoms with Crippen LogP contribution < -0.4 is 5.32 Å². The molecule has 0 atom stereocenters. The van der Waals surface area contributed by atoms with Crippen LogP contribution in [0.5, 0.6) is 0 Å². The predicted molar refractivity (Wildman–Crippen MR) is 79.7 cm³/mol. The molecule has 0 bridgehead atoms. The van der Waals surface area contributed by atoms with Crippen LogP contribution in [0.2, 0.25) is 0 Å². The quantitative estimate of drug-likeness (QED) is 0.907. The molecule has 0 spiro atoms. The first kappa shape index (κ1) is 15.0. The van der Waals surface area contributed by atoms with Crippen molar-refractivity contribution >= 4 is 21.6 Å². The van der Waals surface area contributed by atoms with E-state index in [1.165, 1.54) is 0 Å². The van der Waals surface area contributed by atoms with Gasteiger partial charge in [0.1, 0.15) is 6.07 Å². The lowest BCUT2D eigenvalue weighted by Crippen LogP contribution is -2.34. The third-order valence-electron chi connectivity index (χ3n) is 2.63. The van der Waals surface area contributed by atoms with Gasteiger partial charge in [-0.3, -0.25) is 0 Å². The van der Waals surface area contributed by atoms with Gasteiger partial charge in [-0.05, 0) is 47.6 Å². The summed E-state index contributed by atoms with van der Waals surface area (Å²) in [6, 6.07) is 7.98. The molecule has 18 heavy (non-hydrogen) atoms. The molecule has 0 amide bonds. The maximum absolute atomic E-state index is 9.15. The minimum atomic E-state index is 0.151. The van der Waals surface area contributed by atoms with Crippen molar-refractivity contribution in [3.8, 4) is 6.07 Å². The summed E-state index contributed by atoms with van der Waals surface area (Å²) in [6.07, 6.45) is 0. The smallest absolute Gasteiger partial charge is 0.103 e. The minimum absolute atomic E-state index is 0.151. The fraction of sp³-hybridized carbons (Fsp3) is 0.500. The van der Waals surface area contributed by atoms with Crippen LogP contribution in [0.15, 0.2) is 22.7 Å². The molecule has 1 rings (SSSR count). The molecular formula is C14H20BrN3. The lowest BCUT2D eigenvalue weighted by molar-refractivity contribution is 0.254. The first-order chi connectivity index (χ1) is 8.35. The van der Waals surface area contributed by atoms with Crippen LogP contribution >= 0.6 is 15.9 Å². The molecule has 1 aromatic carbocycles. The van der Waals surface area contributed by atoms with Crippen molar-refractivity contribution in [2.24, 2.45) is 5.41 Å². The predicted octanol–water partition coefficient (Wildman–Crippen LogP) is 3.32. The van der Waals surface area contributed by atoms with Gasteiger partial charge in [-0.15, -0.1) is 0 Å². The van der Waals surface area contributed by atoms with Gasteiger partial charge in [0.15, 0.2) is 0 Å². The van der Waals surface area contributed by atoms with Crippen molar-refractivity contribution in [2.45, 2.75) is 13.8 Å². The lowest BCUT2D eigenvalue weighted by atomic mass is 9.92. The highest BCUT2D eigenvalue weighted by Crippen LogP contribution is 2.25. The molecular weight excluding hydrogens is 290 g/mol. The van der Waals surface area contributed by atoms with Crippen LogP contribution in [-0.2, 0) is 0 Å². The molecule has 0 heterocycles. The van der Waals surface area contributed by atoms with Gasteiger partial charge in [0.2, 0.25) is 0 Å². The lowest BCUT2D eigenvalue weighted by Gasteiger charge is -2.29. The maximum atomic E-state index is 9.15. The van der Waals surface area contributed by atoms with Gasteiger partial charge in [-0.25, -0.2) is 0 Å². The summed E-state index contributed by atoms with van der Waals surface area (Å²) in [7, 11) is 4.14. The summed E-state index contributed by atoms with van der Waals surface area (Å²) in [5.74, 6) is 0. The third-order valence-corrected chi connectivity index (χ3v) is 3.29. The molecule has 0 saturated heterocycles. The van der Waals surface area contributed by atoms with E-state index in [-0.39, 0.29) is 5.41 Å². The van der Waals surface area contributed by atoms with Crippen molar-refractivity contribution in [1.82, 2.24) is 4.90 Å². The van der Waals surface area contributed by atoms with Crippen molar-refractivity contribution in [1.29, 1.82) is 5.26 Å². The van der Waals surface area contributed by atoms with E-state index < -0.39 is 0 Å². The number of anilines is 1. The number of nitrogens with zero attached hydrogens (tertiary/aromatic N) is 2. The highest BCUT2D eigenvalue weighted by atomic mass is 79.9. The summed E-state index contributed by atoms with van der Waals surface area (Å²) >= 11 is 3.40.